The number of anilines is 2. The van der Waals surface area contributed by atoms with Crippen molar-refractivity contribution in [2.24, 2.45) is 0 Å². The van der Waals surface area contributed by atoms with E-state index in [1.54, 1.807) is 4.68 Å². The van der Waals surface area contributed by atoms with Crippen molar-refractivity contribution in [1.29, 1.82) is 0 Å². The fourth-order valence-corrected chi connectivity index (χ4v) is 3.97. The Kier molecular flexibility index (Phi) is 6.79. The Morgan fingerprint density at radius 1 is 1.23 bits per heavy atom. The predicted molar refractivity (Wildman–Crippen MR) is 120 cm³/mol. The number of aromatic nitrogens is 2. The van der Waals surface area contributed by atoms with Gasteiger partial charge in [-0.2, -0.15) is 5.10 Å². The second kappa shape index (κ2) is 9.18. The van der Waals surface area contributed by atoms with Gasteiger partial charge in [0.05, 0.1) is 29.5 Å². The molecule has 3 rings (SSSR count). The van der Waals surface area contributed by atoms with Gasteiger partial charge in [-0.05, 0) is 72.2 Å². The van der Waals surface area contributed by atoms with Crippen molar-refractivity contribution in [1.82, 2.24) is 14.7 Å². The van der Waals surface area contributed by atoms with Crippen molar-refractivity contribution in [2.75, 3.05) is 23.7 Å². The first kappa shape index (κ1) is 22.9. The van der Waals surface area contributed by atoms with Crippen LogP contribution in [0.4, 0.5) is 15.8 Å². The van der Waals surface area contributed by atoms with E-state index in [1.165, 1.54) is 30.8 Å². The summed E-state index contributed by atoms with van der Waals surface area (Å²) in [5, 5.41) is 9.71. The standard InChI is InChI=1S/C23H32FN5O2/c1-15-8-6-7-11-28(15)14-21(30)26-17-9-10-19(24)20(12-17)27-22(31)18-13-25-29(16(18)2)23(3,4)5/h9-10,12-13,15H,6-8,11,14H2,1-5H3,(H,26,30)(H,27,31). The molecular formula is C23H32FN5O2. The molecule has 0 radical (unpaired) electrons. The maximum atomic E-state index is 14.3. The number of halogens is 1. The topological polar surface area (TPSA) is 79.3 Å². The number of benzene rings is 1. The van der Waals surface area contributed by atoms with Crippen molar-refractivity contribution in [3.05, 3.63) is 41.5 Å². The zero-order chi connectivity index (χ0) is 22.8. The molecule has 1 atom stereocenters. The molecule has 31 heavy (non-hydrogen) atoms. The SMILES string of the molecule is Cc1c(C(=O)Nc2cc(NC(=O)CN3CCCCC3C)ccc2F)cnn1C(C)(C)C. The molecule has 1 unspecified atom stereocenters. The van der Waals surface area contributed by atoms with E-state index in [4.69, 9.17) is 0 Å². The largest absolute Gasteiger partial charge is 0.325 e. The summed E-state index contributed by atoms with van der Waals surface area (Å²) in [5.41, 5.74) is 1.25. The molecule has 1 aliphatic heterocycles. The van der Waals surface area contributed by atoms with Gasteiger partial charge in [0.25, 0.3) is 5.91 Å². The third-order valence-corrected chi connectivity index (χ3v) is 5.68. The number of amides is 2. The lowest BCUT2D eigenvalue weighted by atomic mass is 10.0. The molecule has 1 saturated heterocycles. The molecule has 2 aromatic rings. The molecule has 8 heteroatoms. The summed E-state index contributed by atoms with van der Waals surface area (Å²) in [6, 6.07) is 4.54. The molecule has 1 aliphatic rings. The van der Waals surface area contributed by atoms with Gasteiger partial charge < -0.3 is 10.6 Å². The van der Waals surface area contributed by atoms with E-state index < -0.39 is 11.7 Å². The molecule has 2 heterocycles. The Labute approximate surface area is 183 Å². The number of likely N-dealkylation sites (tertiary alicyclic amines) is 1. The minimum Gasteiger partial charge on any atom is -0.325 e. The van der Waals surface area contributed by atoms with Crippen LogP contribution in [0.15, 0.2) is 24.4 Å². The Morgan fingerprint density at radius 2 is 1.97 bits per heavy atom. The van der Waals surface area contributed by atoms with Crippen LogP contribution in [0.2, 0.25) is 0 Å². The maximum Gasteiger partial charge on any atom is 0.259 e. The molecule has 2 N–H and O–H groups in total. The van der Waals surface area contributed by atoms with Crippen molar-refractivity contribution in [3.8, 4) is 0 Å². The second-order valence-electron chi connectivity index (χ2n) is 9.24. The van der Waals surface area contributed by atoms with Gasteiger partial charge in [-0.3, -0.25) is 19.2 Å². The van der Waals surface area contributed by atoms with Gasteiger partial charge in [-0.15, -0.1) is 0 Å². The minimum atomic E-state index is -0.572. The Bertz CT molecular complexity index is 963. The summed E-state index contributed by atoms with van der Waals surface area (Å²) < 4.78 is 16.1. The lowest BCUT2D eigenvalue weighted by molar-refractivity contribution is -0.118. The summed E-state index contributed by atoms with van der Waals surface area (Å²) in [5.74, 6) is -1.17. The molecular weight excluding hydrogens is 397 g/mol. The van der Waals surface area contributed by atoms with E-state index in [2.05, 4.69) is 27.6 Å². The number of piperidine rings is 1. The van der Waals surface area contributed by atoms with Gasteiger partial charge in [0.2, 0.25) is 5.91 Å². The van der Waals surface area contributed by atoms with Gasteiger partial charge in [0, 0.05) is 17.4 Å². The molecule has 2 amide bonds. The molecule has 168 valence electrons. The van der Waals surface area contributed by atoms with Crippen LogP contribution < -0.4 is 10.6 Å². The Hall–Kier alpha value is -2.74. The highest BCUT2D eigenvalue weighted by Crippen LogP contribution is 2.23. The van der Waals surface area contributed by atoms with Crippen LogP contribution in [0.5, 0.6) is 0 Å². The maximum absolute atomic E-state index is 14.3. The third kappa shape index (κ3) is 5.50. The number of nitrogens with zero attached hydrogens (tertiary/aromatic N) is 3. The highest BCUT2D eigenvalue weighted by molar-refractivity contribution is 6.05. The van der Waals surface area contributed by atoms with Crippen molar-refractivity contribution in [2.45, 2.75) is 65.5 Å². The fourth-order valence-electron chi connectivity index (χ4n) is 3.97. The summed E-state index contributed by atoms with van der Waals surface area (Å²) >= 11 is 0. The summed E-state index contributed by atoms with van der Waals surface area (Å²) in [6.45, 7) is 11.1. The van der Waals surface area contributed by atoms with Gasteiger partial charge in [0.15, 0.2) is 0 Å². The second-order valence-corrected chi connectivity index (χ2v) is 9.24. The molecule has 0 saturated carbocycles. The molecule has 7 nitrogen and oxygen atoms in total. The van der Waals surface area contributed by atoms with Crippen LogP contribution in [-0.2, 0) is 10.3 Å². The molecule has 0 bridgehead atoms. The summed E-state index contributed by atoms with van der Waals surface area (Å²) in [6.07, 6.45) is 4.86. The summed E-state index contributed by atoms with van der Waals surface area (Å²) in [4.78, 5) is 27.4. The van der Waals surface area contributed by atoms with Crippen LogP contribution in [-0.4, -0.2) is 45.6 Å². The zero-order valence-electron chi connectivity index (χ0n) is 19.0. The van der Waals surface area contributed by atoms with Gasteiger partial charge in [-0.25, -0.2) is 4.39 Å². The number of hydrogen-bond donors (Lipinski definition) is 2. The Morgan fingerprint density at radius 3 is 2.61 bits per heavy atom. The normalized spacial score (nSPS) is 17.4. The lowest BCUT2D eigenvalue weighted by Gasteiger charge is -2.32. The highest BCUT2D eigenvalue weighted by Gasteiger charge is 2.23. The molecule has 0 aliphatic carbocycles. The average Bonchev–Trinajstić information content (AvgIpc) is 3.08. The van der Waals surface area contributed by atoms with Crippen LogP contribution in [0, 0.1) is 12.7 Å². The molecule has 1 aromatic carbocycles. The van der Waals surface area contributed by atoms with E-state index in [1.807, 2.05) is 27.7 Å². The first-order chi connectivity index (χ1) is 14.6. The third-order valence-electron chi connectivity index (χ3n) is 5.68. The minimum absolute atomic E-state index is 0.0112. The number of carbonyl (C=O) groups is 2. The number of nitrogens with one attached hydrogen (secondary N) is 2. The predicted octanol–water partition coefficient (Wildman–Crippen LogP) is 4.15. The first-order valence-electron chi connectivity index (χ1n) is 10.8. The Balaban J connectivity index is 1.69. The quantitative estimate of drug-likeness (QED) is 0.748. The molecule has 1 aromatic heterocycles. The molecule has 1 fully saturated rings. The highest BCUT2D eigenvalue weighted by atomic mass is 19.1. The average molecular weight is 430 g/mol. The first-order valence-corrected chi connectivity index (χ1v) is 10.8. The van der Waals surface area contributed by atoms with Crippen LogP contribution in [0.3, 0.4) is 0 Å². The van der Waals surface area contributed by atoms with Crippen LogP contribution in [0.1, 0.15) is 63.0 Å². The van der Waals surface area contributed by atoms with E-state index in [9.17, 15) is 14.0 Å². The monoisotopic (exact) mass is 429 g/mol. The van der Waals surface area contributed by atoms with Crippen LogP contribution >= 0.6 is 0 Å². The van der Waals surface area contributed by atoms with Crippen molar-refractivity contribution in [3.63, 3.8) is 0 Å². The fraction of sp³-hybridized carbons (Fsp3) is 0.522. The number of carbonyl (C=O) groups excluding carboxylic acids is 2. The smallest absolute Gasteiger partial charge is 0.259 e. The number of hydrogen-bond acceptors (Lipinski definition) is 4. The zero-order valence-corrected chi connectivity index (χ0v) is 19.0. The summed E-state index contributed by atoms with van der Waals surface area (Å²) in [7, 11) is 0. The van der Waals surface area contributed by atoms with E-state index in [-0.39, 0.29) is 17.1 Å². The van der Waals surface area contributed by atoms with E-state index in [0.717, 1.165) is 19.4 Å². The van der Waals surface area contributed by atoms with Gasteiger partial charge in [0.1, 0.15) is 5.82 Å². The van der Waals surface area contributed by atoms with Gasteiger partial charge >= 0.3 is 0 Å². The van der Waals surface area contributed by atoms with E-state index >= 15 is 0 Å². The van der Waals surface area contributed by atoms with Crippen molar-refractivity contribution >= 4 is 23.2 Å². The van der Waals surface area contributed by atoms with E-state index in [0.29, 0.717) is 29.5 Å². The van der Waals surface area contributed by atoms with Crippen LogP contribution in [0.25, 0.3) is 0 Å². The lowest BCUT2D eigenvalue weighted by Crippen LogP contribution is -2.42. The van der Waals surface area contributed by atoms with Gasteiger partial charge in [-0.1, -0.05) is 6.42 Å². The molecule has 0 spiro atoms. The van der Waals surface area contributed by atoms with Crippen molar-refractivity contribution < 1.29 is 14.0 Å². The number of rotatable bonds is 5.